The monoisotopic (exact) mass is 246 g/mol. The molecule has 28 valence electrons. The molecule has 0 amide bonds. The normalized spacial score (nSPS) is 9.60. The second kappa shape index (κ2) is 5.91. The van der Waals surface area contributed by atoms with E-state index < -0.39 is 0 Å². The third kappa shape index (κ3) is 5.91. The zero-order chi connectivity index (χ0) is 4.12. The van der Waals surface area contributed by atoms with Crippen molar-refractivity contribution < 1.29 is 0 Å². The van der Waals surface area contributed by atoms with Gasteiger partial charge in [-0.2, -0.15) is 0 Å². The molecule has 0 aromatic carbocycles. The maximum absolute atomic E-state index is 4.66. The van der Waals surface area contributed by atoms with Crippen LogP contribution >= 0.6 is 29.1 Å². The van der Waals surface area contributed by atoms with E-state index in [1.807, 2.05) is 0 Å². The summed E-state index contributed by atoms with van der Waals surface area (Å²) in [5.41, 5.74) is 0. The van der Waals surface area contributed by atoms with Gasteiger partial charge in [-0.1, -0.05) is 0 Å². The van der Waals surface area contributed by atoms with Gasteiger partial charge in [-0.15, -0.1) is 0 Å². The maximum atomic E-state index is 4.66. The van der Waals surface area contributed by atoms with Gasteiger partial charge in [-0.25, -0.2) is 0 Å². The summed E-state index contributed by atoms with van der Waals surface area (Å²) in [6.07, 6.45) is 0. The fraction of sp³-hybridized carbons (Fsp3) is 0. The Morgan fingerprint density at radius 1 is 1.20 bits per heavy atom. The molecule has 0 fully saturated rings. The fourth-order valence-electron chi connectivity index (χ4n) is 0.0136. The van der Waals surface area contributed by atoms with Gasteiger partial charge in [0.1, 0.15) is 0 Å². The molecule has 5 heteroatoms. The average molecular weight is 246 g/mol. The third-order valence-corrected chi connectivity index (χ3v) is 16.2. The first-order valence-electron chi connectivity index (χ1n) is 0.730. The molecule has 0 saturated carbocycles. The van der Waals surface area contributed by atoms with Crippen molar-refractivity contribution in [3.8, 4) is 0 Å². The summed E-state index contributed by atoms with van der Waals surface area (Å²) in [5, 5.41) is 0. The summed E-state index contributed by atoms with van der Waals surface area (Å²) in [4.78, 5) is 0. The van der Waals surface area contributed by atoms with Crippen LogP contribution in [0.15, 0.2) is 0 Å². The molecule has 0 aliphatic heterocycles. The molecule has 0 heterocycles. The predicted octanol–water partition coefficient (Wildman–Crippen LogP) is 1.18. The summed E-state index contributed by atoms with van der Waals surface area (Å²) >= 11 is 0.307. The van der Waals surface area contributed by atoms with E-state index in [4.69, 9.17) is 0 Å². The van der Waals surface area contributed by atoms with E-state index in [0.29, 0.717) is 0 Å². The molecule has 0 N–H and O–H groups in total. The second-order valence-electron chi connectivity index (χ2n) is 0.231. The van der Waals surface area contributed by atoms with Gasteiger partial charge < -0.3 is 0 Å². The number of hydrogen-bond acceptors (Lipinski definition) is 3. The zero-order valence-corrected chi connectivity index (χ0v) is 8.32. The summed E-state index contributed by atoms with van der Waals surface area (Å²) < 4.78 is 0. The van der Waals surface area contributed by atoms with Gasteiger partial charge in [-0.3, -0.25) is 0 Å². The Morgan fingerprint density at radius 3 is 1.60 bits per heavy atom. The van der Waals surface area contributed by atoms with Crippen LogP contribution in [0.3, 0.4) is 0 Å². The van der Waals surface area contributed by atoms with Crippen molar-refractivity contribution in [3.63, 3.8) is 0 Å². The van der Waals surface area contributed by atoms with Gasteiger partial charge in [0.15, 0.2) is 0 Å². The molecule has 0 radical (unpaired) electrons. The van der Waals surface area contributed by atoms with Crippen molar-refractivity contribution in [3.05, 3.63) is 0 Å². The Balaban J connectivity index is 2.65. The minimum absolute atomic E-state index is 0.154. The molecule has 0 saturated heterocycles. The molecule has 0 unspecified atom stereocenters. The van der Waals surface area contributed by atoms with Gasteiger partial charge in [0, 0.05) is 0 Å². The van der Waals surface area contributed by atoms with E-state index in [2.05, 4.69) is 20.8 Å². The fourth-order valence-corrected chi connectivity index (χ4v) is 9.92. The van der Waals surface area contributed by atoms with Gasteiger partial charge in [-0.05, 0) is 0 Å². The summed E-state index contributed by atoms with van der Waals surface area (Å²) in [5.74, 6) is 0. The molecule has 0 aromatic heterocycles. The Hall–Kier alpha value is 1.91. The SMILES string of the molecule is S=[As]S[As]=S. The molecule has 0 aliphatic carbocycles. The molecule has 5 heavy (non-hydrogen) atoms. The van der Waals surface area contributed by atoms with Crippen molar-refractivity contribution in [1.82, 2.24) is 0 Å². The topological polar surface area (TPSA) is 0 Å². The Kier molecular flexibility index (Phi) is 8.16. The van der Waals surface area contributed by atoms with Gasteiger partial charge >= 0.3 is 54.9 Å². The van der Waals surface area contributed by atoms with Gasteiger partial charge in [0.05, 0.1) is 0 Å². The first kappa shape index (κ1) is 6.91. The van der Waals surface area contributed by atoms with E-state index in [1.54, 1.807) is 8.29 Å². The van der Waals surface area contributed by atoms with Crippen molar-refractivity contribution >= 4 is 54.9 Å². The van der Waals surface area contributed by atoms with Crippen LogP contribution in [0.25, 0.3) is 0 Å². The Bertz CT molecular complexity index is 34.2. The van der Waals surface area contributed by atoms with Crippen LogP contribution in [-0.2, 0) is 0 Å². The average Bonchev–Trinajstić information content (AvgIpc) is 1.41. The predicted molar refractivity (Wildman–Crippen MR) is 34.3 cm³/mol. The first-order chi connectivity index (χ1) is 2.41. The molecular formula is As2S3. The van der Waals surface area contributed by atoms with Gasteiger partial charge in [0.2, 0.25) is 0 Å². The van der Waals surface area contributed by atoms with Crippen LogP contribution in [0.1, 0.15) is 0 Å². The van der Waals surface area contributed by atoms with Crippen molar-refractivity contribution in [2.45, 2.75) is 0 Å². The van der Waals surface area contributed by atoms with E-state index in [9.17, 15) is 0 Å². The van der Waals surface area contributed by atoms with Gasteiger partial charge in [0.25, 0.3) is 0 Å². The second-order valence-corrected chi connectivity index (χ2v) is 13.6. The van der Waals surface area contributed by atoms with Crippen LogP contribution < -0.4 is 0 Å². The van der Waals surface area contributed by atoms with Crippen LogP contribution in [-0.4, -0.2) is 25.8 Å². The molecule has 0 bridgehead atoms. The van der Waals surface area contributed by atoms with E-state index in [-0.39, 0.29) is 25.8 Å². The molecule has 0 aliphatic rings. The standard InChI is InChI=1S/As2S3/c3-1-5-2-4. The van der Waals surface area contributed by atoms with Crippen LogP contribution in [0.4, 0.5) is 0 Å². The number of hydrogen-bond donors (Lipinski definition) is 0. The van der Waals surface area contributed by atoms with Crippen LogP contribution in [0.5, 0.6) is 0 Å². The molecule has 0 aromatic rings. The molecular weight excluding hydrogens is 246 g/mol. The number of rotatable bonds is 2. The molecule has 0 atom stereocenters. The van der Waals surface area contributed by atoms with Crippen molar-refractivity contribution in [2.24, 2.45) is 0 Å². The quantitative estimate of drug-likeness (QED) is 0.671. The van der Waals surface area contributed by atoms with Crippen molar-refractivity contribution in [2.75, 3.05) is 0 Å². The molecule has 0 rings (SSSR count). The van der Waals surface area contributed by atoms with Crippen LogP contribution in [0.2, 0.25) is 0 Å². The van der Waals surface area contributed by atoms with E-state index >= 15 is 0 Å². The zero-order valence-electron chi connectivity index (χ0n) is 2.12. The van der Waals surface area contributed by atoms with E-state index in [1.165, 1.54) is 0 Å². The van der Waals surface area contributed by atoms with Crippen molar-refractivity contribution in [1.29, 1.82) is 0 Å². The molecule has 0 nitrogen and oxygen atoms in total. The Labute approximate surface area is 54.3 Å². The molecule has 0 spiro atoms. The van der Waals surface area contributed by atoms with Crippen LogP contribution in [0, 0.1) is 0 Å². The minimum atomic E-state index is 0.154. The summed E-state index contributed by atoms with van der Waals surface area (Å²) in [6.45, 7) is 0. The summed E-state index contributed by atoms with van der Waals surface area (Å²) in [7, 11) is 11.1. The summed E-state index contributed by atoms with van der Waals surface area (Å²) in [6, 6.07) is 0. The Morgan fingerprint density at radius 2 is 1.60 bits per heavy atom. The first-order valence-corrected chi connectivity index (χ1v) is 11.4. The third-order valence-electron chi connectivity index (χ3n) is 0.0667. The van der Waals surface area contributed by atoms with E-state index in [0.717, 1.165) is 0 Å².